The summed E-state index contributed by atoms with van der Waals surface area (Å²) in [6, 6.07) is 8.40. The fourth-order valence-corrected chi connectivity index (χ4v) is 2.95. The van der Waals surface area contributed by atoms with Crippen LogP contribution in [0, 0.1) is 5.92 Å². The Morgan fingerprint density at radius 1 is 1.28 bits per heavy atom. The van der Waals surface area contributed by atoms with Crippen LogP contribution in [0.25, 0.3) is 0 Å². The first-order valence-corrected chi connectivity index (χ1v) is 6.99. The molecule has 1 aromatic carbocycles. The first-order chi connectivity index (χ1) is 8.68. The van der Waals surface area contributed by atoms with Crippen LogP contribution in [0.3, 0.4) is 0 Å². The number of hydrogen-bond donors (Lipinski definition) is 1. The van der Waals surface area contributed by atoms with Crippen molar-refractivity contribution in [3.8, 4) is 0 Å². The molecule has 0 radical (unpaired) electrons. The maximum atomic E-state index is 11.0. The topological polar surface area (TPSA) is 37.3 Å². The summed E-state index contributed by atoms with van der Waals surface area (Å²) < 4.78 is 0. The third-order valence-electron chi connectivity index (χ3n) is 4.05. The number of carboxylic acid groups (broad SMARTS) is 1. The minimum absolute atomic E-state index is 0.297. The van der Waals surface area contributed by atoms with Gasteiger partial charge in [-0.05, 0) is 36.3 Å². The summed E-state index contributed by atoms with van der Waals surface area (Å²) in [4.78, 5) is 11.0. The van der Waals surface area contributed by atoms with E-state index < -0.39 is 5.97 Å². The third-order valence-corrected chi connectivity index (χ3v) is 4.05. The number of carboxylic acids is 1. The van der Waals surface area contributed by atoms with Gasteiger partial charge in [-0.2, -0.15) is 0 Å². The molecule has 2 rings (SSSR count). The predicted octanol–water partition coefficient (Wildman–Crippen LogP) is 4.00. The third kappa shape index (κ3) is 3.12. The van der Waals surface area contributed by atoms with E-state index in [-0.39, 0.29) is 5.92 Å². The number of benzene rings is 1. The van der Waals surface area contributed by atoms with Gasteiger partial charge in [0.05, 0.1) is 5.92 Å². The average Bonchev–Trinajstić information content (AvgIpc) is 2.40. The molecule has 2 nitrogen and oxygen atoms in total. The van der Waals surface area contributed by atoms with Crippen molar-refractivity contribution in [2.24, 2.45) is 5.92 Å². The molecule has 2 heteroatoms. The molecule has 1 aromatic rings. The Labute approximate surface area is 109 Å². The van der Waals surface area contributed by atoms with Crippen LogP contribution >= 0.6 is 0 Å². The van der Waals surface area contributed by atoms with Crippen molar-refractivity contribution < 1.29 is 9.90 Å². The minimum atomic E-state index is -0.701. The van der Waals surface area contributed by atoms with Crippen LogP contribution < -0.4 is 0 Å². The van der Waals surface area contributed by atoms with E-state index in [1.807, 2.05) is 6.07 Å². The Kier molecular flexibility index (Phi) is 4.40. The molecule has 1 saturated carbocycles. The lowest BCUT2D eigenvalue weighted by Crippen LogP contribution is -2.15. The van der Waals surface area contributed by atoms with Crippen molar-refractivity contribution in [2.45, 2.75) is 51.4 Å². The van der Waals surface area contributed by atoms with Crippen molar-refractivity contribution in [2.75, 3.05) is 0 Å². The van der Waals surface area contributed by atoms with Crippen LogP contribution in [0.2, 0.25) is 0 Å². The summed E-state index contributed by atoms with van der Waals surface area (Å²) in [5.41, 5.74) is 2.63. The lowest BCUT2D eigenvalue weighted by atomic mass is 9.80. The van der Waals surface area contributed by atoms with Gasteiger partial charge >= 0.3 is 5.97 Å². The largest absolute Gasteiger partial charge is 0.481 e. The highest BCUT2D eigenvalue weighted by molar-refractivity contribution is 5.70. The van der Waals surface area contributed by atoms with Gasteiger partial charge in [-0.1, -0.05) is 50.5 Å². The Bertz CT molecular complexity index is 405. The van der Waals surface area contributed by atoms with Gasteiger partial charge in [-0.3, -0.25) is 4.79 Å². The van der Waals surface area contributed by atoms with E-state index in [9.17, 15) is 4.79 Å². The quantitative estimate of drug-likeness (QED) is 0.872. The van der Waals surface area contributed by atoms with Crippen LogP contribution in [0.4, 0.5) is 0 Å². The molecule has 0 heterocycles. The van der Waals surface area contributed by atoms with E-state index in [4.69, 9.17) is 5.11 Å². The van der Waals surface area contributed by atoms with Crippen LogP contribution in [-0.2, 0) is 11.2 Å². The summed E-state index contributed by atoms with van der Waals surface area (Å²) in [5, 5.41) is 9.04. The zero-order valence-electron chi connectivity index (χ0n) is 11.1. The second-order valence-corrected chi connectivity index (χ2v) is 5.48. The van der Waals surface area contributed by atoms with E-state index in [1.54, 1.807) is 6.92 Å². The molecule has 0 aliphatic heterocycles. The highest BCUT2D eigenvalue weighted by Gasteiger charge is 2.20. The minimum Gasteiger partial charge on any atom is -0.481 e. The molecule has 1 atom stereocenters. The zero-order chi connectivity index (χ0) is 13.0. The Balaban J connectivity index is 2.16. The molecule has 1 aliphatic rings. The van der Waals surface area contributed by atoms with E-state index in [0.717, 1.165) is 0 Å². The molecular weight excluding hydrogens is 224 g/mol. The maximum Gasteiger partial charge on any atom is 0.306 e. The summed E-state index contributed by atoms with van der Waals surface area (Å²) in [7, 11) is 0. The summed E-state index contributed by atoms with van der Waals surface area (Å²) in [6.45, 7) is 1.79. The normalized spacial score (nSPS) is 18.5. The zero-order valence-corrected chi connectivity index (χ0v) is 11.1. The van der Waals surface area contributed by atoms with Gasteiger partial charge in [-0.15, -0.1) is 0 Å². The second kappa shape index (κ2) is 6.03. The molecule has 1 unspecified atom stereocenters. The van der Waals surface area contributed by atoms with Crippen LogP contribution in [0.1, 0.15) is 56.1 Å². The molecule has 0 bridgehead atoms. The van der Waals surface area contributed by atoms with Crippen molar-refractivity contribution in [3.05, 3.63) is 35.4 Å². The summed E-state index contributed by atoms with van der Waals surface area (Å²) in [6.07, 6.45) is 7.16. The van der Waals surface area contributed by atoms with E-state index in [0.29, 0.717) is 12.3 Å². The van der Waals surface area contributed by atoms with Gasteiger partial charge < -0.3 is 5.11 Å². The van der Waals surface area contributed by atoms with Crippen LogP contribution in [0.5, 0.6) is 0 Å². The summed E-state index contributed by atoms with van der Waals surface area (Å²) >= 11 is 0. The number of rotatable bonds is 4. The van der Waals surface area contributed by atoms with Crippen molar-refractivity contribution in [1.29, 1.82) is 0 Å². The first-order valence-electron chi connectivity index (χ1n) is 6.99. The lowest BCUT2D eigenvalue weighted by molar-refractivity contribution is -0.141. The van der Waals surface area contributed by atoms with Gasteiger partial charge in [0, 0.05) is 0 Å². The maximum absolute atomic E-state index is 11.0. The number of hydrogen-bond acceptors (Lipinski definition) is 1. The number of aliphatic carboxylic acids is 1. The fourth-order valence-electron chi connectivity index (χ4n) is 2.95. The highest BCUT2D eigenvalue weighted by Crippen LogP contribution is 2.34. The molecular formula is C16H22O2. The Morgan fingerprint density at radius 3 is 2.61 bits per heavy atom. The molecule has 0 spiro atoms. The van der Waals surface area contributed by atoms with E-state index in [2.05, 4.69) is 18.2 Å². The Hall–Kier alpha value is -1.31. The fraction of sp³-hybridized carbons (Fsp3) is 0.562. The van der Waals surface area contributed by atoms with Gasteiger partial charge in [-0.25, -0.2) is 0 Å². The van der Waals surface area contributed by atoms with Gasteiger partial charge in [0.2, 0.25) is 0 Å². The SMILES string of the molecule is CC(Cc1ccccc1C1CCCCC1)C(=O)O. The number of carbonyl (C=O) groups is 1. The lowest BCUT2D eigenvalue weighted by Gasteiger charge is -2.24. The van der Waals surface area contributed by atoms with Crippen LogP contribution in [-0.4, -0.2) is 11.1 Å². The van der Waals surface area contributed by atoms with Crippen molar-refractivity contribution in [1.82, 2.24) is 0 Å². The molecule has 1 aliphatic carbocycles. The van der Waals surface area contributed by atoms with Crippen molar-refractivity contribution >= 4 is 5.97 Å². The molecule has 0 aromatic heterocycles. The second-order valence-electron chi connectivity index (χ2n) is 5.48. The molecule has 18 heavy (non-hydrogen) atoms. The molecule has 0 amide bonds. The van der Waals surface area contributed by atoms with E-state index in [1.165, 1.54) is 43.2 Å². The highest BCUT2D eigenvalue weighted by atomic mass is 16.4. The van der Waals surface area contributed by atoms with Crippen molar-refractivity contribution in [3.63, 3.8) is 0 Å². The predicted molar refractivity (Wildman–Crippen MR) is 72.8 cm³/mol. The Morgan fingerprint density at radius 2 is 1.94 bits per heavy atom. The van der Waals surface area contributed by atoms with Gasteiger partial charge in [0.25, 0.3) is 0 Å². The van der Waals surface area contributed by atoms with Crippen LogP contribution in [0.15, 0.2) is 24.3 Å². The van der Waals surface area contributed by atoms with Gasteiger partial charge in [0.1, 0.15) is 0 Å². The smallest absolute Gasteiger partial charge is 0.306 e. The molecule has 0 saturated heterocycles. The first kappa shape index (κ1) is 13.1. The molecule has 1 N–H and O–H groups in total. The van der Waals surface area contributed by atoms with Gasteiger partial charge in [0.15, 0.2) is 0 Å². The molecule has 1 fully saturated rings. The summed E-state index contributed by atoms with van der Waals surface area (Å²) in [5.74, 6) is -0.348. The van der Waals surface area contributed by atoms with E-state index >= 15 is 0 Å². The average molecular weight is 246 g/mol. The molecule has 98 valence electrons. The monoisotopic (exact) mass is 246 g/mol. The standard InChI is InChI=1S/C16H22O2/c1-12(16(17)18)11-14-9-5-6-10-15(14)13-7-3-2-4-8-13/h5-6,9-10,12-13H,2-4,7-8,11H2,1H3,(H,17,18).